The molecule has 0 bridgehead atoms. The Morgan fingerprint density at radius 3 is 2.54 bits per heavy atom. The van der Waals surface area contributed by atoms with Crippen molar-refractivity contribution in [2.24, 2.45) is 0 Å². The van der Waals surface area contributed by atoms with Crippen molar-refractivity contribution in [1.29, 1.82) is 0 Å². The van der Waals surface area contributed by atoms with Crippen LogP contribution in [0.15, 0.2) is 53.7 Å². The lowest BCUT2D eigenvalue weighted by molar-refractivity contribution is 0.189. The minimum absolute atomic E-state index is 0.669. The average molecular weight is 408 g/mol. The monoisotopic (exact) mass is 407 g/mol. The Morgan fingerprint density at radius 1 is 1.04 bits per heavy atom. The van der Waals surface area contributed by atoms with Crippen LogP contribution in [0, 0.1) is 0 Å². The molecule has 0 atom stereocenters. The van der Waals surface area contributed by atoms with Crippen molar-refractivity contribution in [3.63, 3.8) is 0 Å². The molecule has 4 nitrogen and oxygen atoms in total. The number of hydrogen-bond acceptors (Lipinski definition) is 4. The number of ether oxygens (including phenoxy) is 1. The molecule has 2 aromatic carbocycles. The Kier molecular flexibility index (Phi) is 6.97. The number of benzene rings is 2. The highest BCUT2D eigenvalue weighted by Crippen LogP contribution is 2.30. The van der Waals surface area contributed by atoms with Crippen LogP contribution in [-0.4, -0.2) is 28.5 Å². The summed E-state index contributed by atoms with van der Waals surface area (Å²) in [5.41, 5.74) is 2.07. The molecule has 0 aliphatic heterocycles. The van der Waals surface area contributed by atoms with Crippen LogP contribution in [0.4, 0.5) is 0 Å². The number of methoxy groups -OCH3 is 1. The largest absolute Gasteiger partial charge is 0.385 e. The van der Waals surface area contributed by atoms with E-state index in [1.807, 2.05) is 48.5 Å². The van der Waals surface area contributed by atoms with E-state index in [0.717, 1.165) is 40.3 Å². The van der Waals surface area contributed by atoms with Crippen LogP contribution in [-0.2, 0) is 17.0 Å². The molecule has 1 heterocycles. The summed E-state index contributed by atoms with van der Waals surface area (Å²) in [6.07, 6.45) is 0.875. The van der Waals surface area contributed by atoms with Crippen LogP contribution in [0.5, 0.6) is 0 Å². The average Bonchev–Trinajstić information content (AvgIpc) is 3.04. The zero-order valence-corrected chi connectivity index (χ0v) is 16.7. The fourth-order valence-electron chi connectivity index (χ4n) is 2.53. The van der Waals surface area contributed by atoms with Gasteiger partial charge in [-0.05, 0) is 36.2 Å². The van der Waals surface area contributed by atoms with Crippen molar-refractivity contribution in [3.8, 4) is 11.4 Å². The van der Waals surface area contributed by atoms with Crippen LogP contribution in [0.1, 0.15) is 12.0 Å². The zero-order chi connectivity index (χ0) is 18.4. The molecule has 0 fully saturated rings. The molecule has 0 saturated heterocycles. The van der Waals surface area contributed by atoms with Gasteiger partial charge in [-0.15, -0.1) is 10.2 Å². The molecule has 0 spiro atoms. The molecule has 0 saturated carbocycles. The van der Waals surface area contributed by atoms with Gasteiger partial charge in [0.25, 0.3) is 0 Å². The van der Waals surface area contributed by atoms with Crippen molar-refractivity contribution in [1.82, 2.24) is 14.8 Å². The summed E-state index contributed by atoms with van der Waals surface area (Å²) in [5, 5.41) is 11.1. The van der Waals surface area contributed by atoms with E-state index < -0.39 is 0 Å². The normalized spacial score (nSPS) is 11.0. The second-order valence-electron chi connectivity index (χ2n) is 5.70. The predicted molar refractivity (Wildman–Crippen MR) is 108 cm³/mol. The van der Waals surface area contributed by atoms with Crippen molar-refractivity contribution in [2.45, 2.75) is 23.9 Å². The molecule has 7 heteroatoms. The third-order valence-corrected chi connectivity index (χ3v) is 5.46. The number of thioether (sulfide) groups is 1. The van der Waals surface area contributed by atoms with Crippen molar-refractivity contribution >= 4 is 35.0 Å². The van der Waals surface area contributed by atoms with Crippen LogP contribution in [0.3, 0.4) is 0 Å². The minimum atomic E-state index is 0.669. The van der Waals surface area contributed by atoms with Gasteiger partial charge in [0.15, 0.2) is 11.0 Å². The van der Waals surface area contributed by atoms with Gasteiger partial charge in [0.2, 0.25) is 0 Å². The smallest absolute Gasteiger partial charge is 0.191 e. The van der Waals surface area contributed by atoms with E-state index in [0.29, 0.717) is 11.6 Å². The number of hydrogen-bond donors (Lipinski definition) is 0. The van der Waals surface area contributed by atoms with Crippen LogP contribution < -0.4 is 0 Å². The van der Waals surface area contributed by atoms with Crippen molar-refractivity contribution < 1.29 is 4.74 Å². The topological polar surface area (TPSA) is 39.9 Å². The lowest BCUT2D eigenvalue weighted by atomic mass is 10.2. The Morgan fingerprint density at radius 2 is 1.81 bits per heavy atom. The number of rotatable bonds is 8. The minimum Gasteiger partial charge on any atom is -0.385 e. The Hall–Kier alpha value is -1.53. The quantitative estimate of drug-likeness (QED) is 0.360. The fourth-order valence-corrected chi connectivity index (χ4v) is 3.80. The van der Waals surface area contributed by atoms with Gasteiger partial charge in [0.1, 0.15) is 0 Å². The summed E-state index contributed by atoms with van der Waals surface area (Å²) >= 11 is 14.0. The highest BCUT2D eigenvalue weighted by Gasteiger charge is 2.16. The molecule has 0 aliphatic carbocycles. The van der Waals surface area contributed by atoms with Gasteiger partial charge < -0.3 is 9.30 Å². The second-order valence-corrected chi connectivity index (χ2v) is 7.49. The van der Waals surface area contributed by atoms with E-state index in [4.69, 9.17) is 27.9 Å². The summed E-state index contributed by atoms with van der Waals surface area (Å²) < 4.78 is 7.30. The Balaban J connectivity index is 1.84. The zero-order valence-electron chi connectivity index (χ0n) is 14.4. The van der Waals surface area contributed by atoms with Crippen molar-refractivity contribution in [2.75, 3.05) is 13.7 Å². The molecule has 26 heavy (non-hydrogen) atoms. The third kappa shape index (κ3) is 4.80. The van der Waals surface area contributed by atoms with Gasteiger partial charge in [0.05, 0.1) is 5.02 Å². The lowest BCUT2D eigenvalue weighted by Gasteiger charge is -2.11. The first-order valence-electron chi connectivity index (χ1n) is 8.23. The maximum absolute atomic E-state index is 6.36. The first-order valence-corrected chi connectivity index (χ1v) is 9.97. The lowest BCUT2D eigenvalue weighted by Crippen LogP contribution is -2.05. The molecule has 0 N–H and O–H groups in total. The maximum Gasteiger partial charge on any atom is 0.191 e. The van der Waals surface area contributed by atoms with E-state index in [1.54, 1.807) is 18.9 Å². The second kappa shape index (κ2) is 9.42. The molecule has 3 aromatic rings. The molecular weight excluding hydrogens is 389 g/mol. The van der Waals surface area contributed by atoms with Crippen LogP contribution in [0.25, 0.3) is 11.4 Å². The van der Waals surface area contributed by atoms with Gasteiger partial charge in [-0.3, -0.25) is 0 Å². The SMILES string of the molecule is COCCCn1c(SCc2ccc(Cl)cc2)nnc1-c1ccccc1Cl. The summed E-state index contributed by atoms with van der Waals surface area (Å²) in [4.78, 5) is 0. The highest BCUT2D eigenvalue weighted by atomic mass is 35.5. The summed E-state index contributed by atoms with van der Waals surface area (Å²) in [7, 11) is 1.71. The first-order chi connectivity index (χ1) is 12.7. The summed E-state index contributed by atoms with van der Waals surface area (Å²) in [6.45, 7) is 1.45. The fraction of sp³-hybridized carbons (Fsp3) is 0.263. The van der Waals surface area contributed by atoms with E-state index in [9.17, 15) is 0 Å². The van der Waals surface area contributed by atoms with Gasteiger partial charge in [-0.2, -0.15) is 0 Å². The van der Waals surface area contributed by atoms with Crippen LogP contribution in [0.2, 0.25) is 10.0 Å². The predicted octanol–water partition coefficient (Wildman–Crippen LogP) is 5.58. The standard InChI is InChI=1S/C19H19Cl2N3OS/c1-25-12-4-11-24-18(16-5-2-3-6-17(16)21)22-23-19(24)26-13-14-7-9-15(20)10-8-14/h2-3,5-10H,4,11-13H2,1H3. The molecule has 136 valence electrons. The van der Waals surface area contributed by atoms with E-state index in [-0.39, 0.29) is 0 Å². The van der Waals surface area contributed by atoms with Gasteiger partial charge in [-0.25, -0.2) is 0 Å². The first kappa shape index (κ1) is 19.2. The number of nitrogens with zero attached hydrogens (tertiary/aromatic N) is 3. The van der Waals surface area contributed by atoms with Gasteiger partial charge >= 0.3 is 0 Å². The van der Waals surface area contributed by atoms with Gasteiger partial charge in [-0.1, -0.05) is 59.2 Å². The van der Waals surface area contributed by atoms with Crippen LogP contribution >= 0.6 is 35.0 Å². The molecule has 0 unspecified atom stereocenters. The van der Waals surface area contributed by atoms with Gasteiger partial charge in [0, 0.05) is 36.6 Å². The van der Waals surface area contributed by atoms with E-state index >= 15 is 0 Å². The Labute approximate surface area is 167 Å². The van der Waals surface area contributed by atoms with E-state index in [2.05, 4.69) is 14.8 Å². The Bertz CT molecular complexity index is 852. The van der Waals surface area contributed by atoms with Crippen molar-refractivity contribution in [3.05, 3.63) is 64.1 Å². The summed E-state index contributed by atoms with van der Waals surface area (Å²) in [6, 6.07) is 15.5. The van der Waals surface area contributed by atoms with E-state index in [1.165, 1.54) is 5.56 Å². The molecule has 0 aliphatic rings. The number of aromatic nitrogens is 3. The molecule has 3 rings (SSSR count). The molecule has 1 aromatic heterocycles. The number of halogens is 2. The molecular formula is C19H19Cl2N3OS. The third-order valence-electron chi connectivity index (χ3n) is 3.84. The molecule has 0 amide bonds. The highest BCUT2D eigenvalue weighted by molar-refractivity contribution is 7.98. The summed E-state index contributed by atoms with van der Waals surface area (Å²) in [5.74, 6) is 1.58. The molecule has 0 radical (unpaired) electrons. The maximum atomic E-state index is 6.36.